The van der Waals surface area contributed by atoms with Crippen LogP contribution >= 0.6 is 0 Å². The fraction of sp³-hybridized carbons (Fsp3) is 0.286. The summed E-state index contributed by atoms with van der Waals surface area (Å²) in [6.45, 7) is 2.73. The lowest BCUT2D eigenvalue weighted by Gasteiger charge is -2.41. The van der Waals surface area contributed by atoms with E-state index in [1.54, 1.807) is 50.2 Å². The molecule has 0 aliphatic carbocycles. The van der Waals surface area contributed by atoms with Crippen LogP contribution in [-0.4, -0.2) is 44.1 Å². The van der Waals surface area contributed by atoms with Crippen molar-refractivity contribution in [2.75, 3.05) is 31.0 Å². The number of carbonyl (C=O) groups excluding carboxylic acids is 3. The number of nitrogens with zero attached hydrogens (tertiary/aromatic N) is 1. The van der Waals surface area contributed by atoms with Crippen molar-refractivity contribution >= 4 is 29.2 Å². The van der Waals surface area contributed by atoms with Gasteiger partial charge in [0.15, 0.2) is 6.61 Å². The molecule has 0 unspecified atom stereocenters. The van der Waals surface area contributed by atoms with E-state index in [1.807, 2.05) is 0 Å². The quantitative estimate of drug-likeness (QED) is 0.778. The van der Waals surface area contributed by atoms with Crippen LogP contribution in [0.15, 0.2) is 42.5 Å². The zero-order chi connectivity index (χ0) is 21.2. The molecule has 29 heavy (non-hydrogen) atoms. The predicted octanol–water partition coefficient (Wildman–Crippen LogP) is 2.62. The smallest absolute Gasteiger partial charge is 0.342 e. The van der Waals surface area contributed by atoms with Gasteiger partial charge in [0.25, 0.3) is 5.91 Å². The molecule has 0 aromatic heterocycles. The molecular formula is C21H22N2O6. The van der Waals surface area contributed by atoms with Gasteiger partial charge in [0.05, 0.1) is 25.6 Å². The van der Waals surface area contributed by atoms with Crippen molar-refractivity contribution in [3.63, 3.8) is 0 Å². The average molecular weight is 398 g/mol. The van der Waals surface area contributed by atoms with Crippen LogP contribution in [0.1, 0.15) is 24.2 Å². The minimum atomic E-state index is -1.14. The van der Waals surface area contributed by atoms with Gasteiger partial charge in [-0.25, -0.2) is 4.79 Å². The number of rotatable bonds is 5. The predicted molar refractivity (Wildman–Crippen MR) is 106 cm³/mol. The highest BCUT2D eigenvalue weighted by molar-refractivity contribution is 6.14. The van der Waals surface area contributed by atoms with E-state index in [0.717, 1.165) is 0 Å². The first-order valence-electron chi connectivity index (χ1n) is 8.92. The fourth-order valence-electron chi connectivity index (χ4n) is 3.14. The number of benzene rings is 2. The van der Waals surface area contributed by atoms with Gasteiger partial charge in [0.1, 0.15) is 22.6 Å². The van der Waals surface area contributed by atoms with Crippen LogP contribution in [0.2, 0.25) is 0 Å². The maximum absolute atomic E-state index is 12.9. The van der Waals surface area contributed by atoms with Crippen molar-refractivity contribution in [1.82, 2.24) is 0 Å². The molecule has 0 atom stereocenters. The second-order valence-electron chi connectivity index (χ2n) is 6.90. The highest BCUT2D eigenvalue weighted by Gasteiger charge is 2.43. The minimum Gasteiger partial charge on any atom is -0.497 e. The summed E-state index contributed by atoms with van der Waals surface area (Å²) >= 11 is 0. The lowest BCUT2D eigenvalue weighted by atomic mass is 9.96. The largest absolute Gasteiger partial charge is 0.497 e. The number of amides is 2. The van der Waals surface area contributed by atoms with Gasteiger partial charge in [-0.3, -0.25) is 14.5 Å². The van der Waals surface area contributed by atoms with Crippen LogP contribution in [0, 0.1) is 0 Å². The molecule has 1 aliphatic rings. The Bertz CT molecular complexity index is 969. The van der Waals surface area contributed by atoms with E-state index in [0.29, 0.717) is 17.1 Å². The van der Waals surface area contributed by atoms with Gasteiger partial charge < -0.3 is 19.5 Å². The van der Waals surface area contributed by atoms with Crippen LogP contribution in [0.5, 0.6) is 11.5 Å². The number of fused-ring (bicyclic) bond motifs is 1. The number of esters is 1. The van der Waals surface area contributed by atoms with E-state index in [-0.39, 0.29) is 17.2 Å². The summed E-state index contributed by atoms with van der Waals surface area (Å²) in [7, 11) is 2.92. The summed E-state index contributed by atoms with van der Waals surface area (Å²) in [5, 5.41) is 2.78. The standard InChI is InChI=1S/C21H22N2O6/c1-21(2)20(26)22-15-7-5-6-8-16(15)23(21)18(24)12-29-19(25)14-10-9-13(27-3)11-17(14)28-4/h5-11H,12H2,1-4H3,(H,22,26). The topological polar surface area (TPSA) is 94.2 Å². The second-order valence-corrected chi connectivity index (χ2v) is 6.90. The minimum absolute atomic E-state index is 0.164. The lowest BCUT2D eigenvalue weighted by Crippen LogP contribution is -2.59. The number of ether oxygens (including phenoxy) is 3. The molecule has 8 heteroatoms. The van der Waals surface area contributed by atoms with Crippen molar-refractivity contribution in [3.05, 3.63) is 48.0 Å². The molecule has 3 rings (SSSR count). The number of anilines is 2. The van der Waals surface area contributed by atoms with Crippen molar-refractivity contribution in [2.45, 2.75) is 19.4 Å². The van der Waals surface area contributed by atoms with Crippen LogP contribution in [0.3, 0.4) is 0 Å². The van der Waals surface area contributed by atoms with Gasteiger partial charge in [0, 0.05) is 6.07 Å². The van der Waals surface area contributed by atoms with Crippen LogP contribution in [0.4, 0.5) is 11.4 Å². The number of nitrogens with one attached hydrogen (secondary N) is 1. The number of hydrogen-bond acceptors (Lipinski definition) is 6. The Kier molecular flexibility index (Phi) is 5.45. The Labute approximate surface area is 168 Å². The van der Waals surface area contributed by atoms with Gasteiger partial charge in [-0.15, -0.1) is 0 Å². The zero-order valence-corrected chi connectivity index (χ0v) is 16.6. The van der Waals surface area contributed by atoms with Gasteiger partial charge >= 0.3 is 5.97 Å². The van der Waals surface area contributed by atoms with E-state index in [4.69, 9.17) is 14.2 Å². The Hall–Kier alpha value is -3.55. The molecule has 0 spiro atoms. The third-order valence-electron chi connectivity index (χ3n) is 4.71. The van der Waals surface area contributed by atoms with E-state index >= 15 is 0 Å². The van der Waals surface area contributed by atoms with Gasteiger partial charge in [-0.1, -0.05) is 12.1 Å². The fourth-order valence-corrected chi connectivity index (χ4v) is 3.14. The van der Waals surface area contributed by atoms with Crippen molar-refractivity contribution in [3.8, 4) is 11.5 Å². The van der Waals surface area contributed by atoms with Crippen LogP contribution in [-0.2, 0) is 14.3 Å². The number of carbonyl (C=O) groups is 3. The molecule has 8 nitrogen and oxygen atoms in total. The van der Waals surface area contributed by atoms with Gasteiger partial charge in [-0.2, -0.15) is 0 Å². The first kappa shape index (κ1) is 20.2. The maximum Gasteiger partial charge on any atom is 0.342 e. The second kappa shape index (κ2) is 7.83. The Morgan fingerprint density at radius 1 is 1.07 bits per heavy atom. The number of para-hydroxylation sites is 2. The third-order valence-corrected chi connectivity index (χ3v) is 4.71. The Morgan fingerprint density at radius 3 is 2.48 bits per heavy atom. The molecule has 2 aromatic carbocycles. The van der Waals surface area contributed by atoms with E-state index in [2.05, 4.69) is 5.32 Å². The maximum atomic E-state index is 12.9. The average Bonchev–Trinajstić information content (AvgIpc) is 2.72. The van der Waals surface area contributed by atoms with Crippen molar-refractivity contribution in [2.24, 2.45) is 0 Å². The lowest BCUT2D eigenvalue weighted by molar-refractivity contribution is -0.128. The molecule has 0 saturated heterocycles. The van der Waals surface area contributed by atoms with Gasteiger partial charge in [0.2, 0.25) is 5.91 Å². The summed E-state index contributed by atoms with van der Waals surface area (Å²) < 4.78 is 15.5. The zero-order valence-electron chi connectivity index (χ0n) is 16.6. The monoisotopic (exact) mass is 398 g/mol. The molecule has 2 amide bonds. The molecule has 1 aliphatic heterocycles. The van der Waals surface area contributed by atoms with Crippen LogP contribution in [0.25, 0.3) is 0 Å². The highest BCUT2D eigenvalue weighted by Crippen LogP contribution is 2.36. The summed E-state index contributed by atoms with van der Waals surface area (Å²) in [5.74, 6) is -0.770. The summed E-state index contributed by atoms with van der Waals surface area (Å²) in [4.78, 5) is 39.2. The number of hydrogen-bond donors (Lipinski definition) is 1. The normalized spacial score (nSPS) is 14.5. The molecule has 0 radical (unpaired) electrons. The molecule has 2 aromatic rings. The van der Waals surface area contributed by atoms with E-state index in [9.17, 15) is 14.4 Å². The van der Waals surface area contributed by atoms with Crippen molar-refractivity contribution < 1.29 is 28.6 Å². The molecule has 0 saturated carbocycles. The highest BCUT2D eigenvalue weighted by atomic mass is 16.5. The molecular weight excluding hydrogens is 376 g/mol. The Balaban J connectivity index is 1.80. The van der Waals surface area contributed by atoms with Crippen LogP contribution < -0.4 is 19.7 Å². The van der Waals surface area contributed by atoms with E-state index < -0.39 is 24.0 Å². The van der Waals surface area contributed by atoms with E-state index in [1.165, 1.54) is 25.2 Å². The summed E-state index contributed by atoms with van der Waals surface area (Å²) in [6, 6.07) is 11.6. The molecule has 0 bridgehead atoms. The first-order chi connectivity index (χ1) is 13.8. The van der Waals surface area contributed by atoms with Crippen molar-refractivity contribution in [1.29, 1.82) is 0 Å². The summed E-state index contributed by atoms with van der Waals surface area (Å²) in [6.07, 6.45) is 0. The molecule has 152 valence electrons. The molecule has 1 heterocycles. The molecule has 0 fully saturated rings. The first-order valence-corrected chi connectivity index (χ1v) is 8.92. The molecule has 1 N–H and O–H groups in total. The Morgan fingerprint density at radius 2 is 1.79 bits per heavy atom. The van der Waals surface area contributed by atoms with Gasteiger partial charge in [-0.05, 0) is 38.1 Å². The number of methoxy groups -OCH3 is 2. The SMILES string of the molecule is COc1ccc(C(=O)OCC(=O)N2c3ccccc3NC(=O)C2(C)C)c(OC)c1. The third kappa shape index (κ3) is 3.73. The summed E-state index contributed by atoms with van der Waals surface area (Å²) in [5.41, 5.74) is 0.0842.